The Labute approximate surface area is 190 Å². The molecule has 0 unspecified atom stereocenters. The minimum atomic E-state index is -3.08. The third-order valence-electron chi connectivity index (χ3n) is 5.54. The Bertz CT molecular complexity index is 870. The van der Waals surface area contributed by atoms with Gasteiger partial charge in [-0.2, -0.15) is 0 Å². The molecule has 2 saturated heterocycles. The summed E-state index contributed by atoms with van der Waals surface area (Å²) in [6.45, 7) is 6.49. The maximum Gasteiger partial charge on any atom is 0.222 e. The first-order chi connectivity index (χ1) is 13.2. The van der Waals surface area contributed by atoms with Gasteiger partial charge in [0.15, 0.2) is 15.8 Å². The molecule has 2 aliphatic heterocycles. The van der Waals surface area contributed by atoms with Crippen molar-refractivity contribution in [3.63, 3.8) is 0 Å². The van der Waals surface area contributed by atoms with Gasteiger partial charge in [-0.25, -0.2) is 8.42 Å². The Balaban J connectivity index is 0.00000300. The molecular weight excluding hydrogens is 503 g/mol. The van der Waals surface area contributed by atoms with Crippen molar-refractivity contribution in [3.8, 4) is 0 Å². The van der Waals surface area contributed by atoms with Crippen LogP contribution in [0.5, 0.6) is 0 Å². The summed E-state index contributed by atoms with van der Waals surface area (Å²) in [4.78, 5) is 20.1. The minimum Gasteiger partial charge on any atom is -0.352 e. The molecule has 2 fully saturated rings. The first-order valence-corrected chi connectivity index (χ1v) is 11.4. The van der Waals surface area contributed by atoms with E-state index in [1.54, 1.807) is 20.9 Å². The zero-order valence-electron chi connectivity index (χ0n) is 17.3. The van der Waals surface area contributed by atoms with Crippen molar-refractivity contribution >= 4 is 45.7 Å². The summed E-state index contributed by atoms with van der Waals surface area (Å²) in [6.07, 6.45) is 1.60. The van der Waals surface area contributed by atoms with Crippen molar-refractivity contribution < 1.29 is 13.2 Å². The highest BCUT2D eigenvalue weighted by molar-refractivity contribution is 14.0. The number of halogens is 1. The van der Waals surface area contributed by atoms with Gasteiger partial charge < -0.3 is 15.1 Å². The van der Waals surface area contributed by atoms with Gasteiger partial charge in [0.25, 0.3) is 0 Å². The topological polar surface area (TPSA) is 82.1 Å². The molecule has 0 saturated carbocycles. The molecule has 1 N–H and O–H groups in total. The van der Waals surface area contributed by atoms with Crippen LogP contribution in [0, 0.1) is 0 Å². The van der Waals surface area contributed by atoms with Crippen LogP contribution in [0.15, 0.2) is 29.3 Å². The first-order valence-electron chi connectivity index (χ1n) is 9.75. The van der Waals surface area contributed by atoms with E-state index in [-0.39, 0.29) is 35.6 Å². The molecule has 0 aliphatic carbocycles. The Morgan fingerprint density at radius 3 is 2.59 bits per heavy atom. The molecule has 3 rings (SSSR count). The van der Waals surface area contributed by atoms with Gasteiger partial charge in [-0.15, -0.1) is 24.0 Å². The predicted octanol–water partition coefficient (Wildman–Crippen LogP) is 2.01. The summed E-state index contributed by atoms with van der Waals surface area (Å²) in [5.74, 6) is 1.08. The van der Waals surface area contributed by atoms with E-state index in [0.717, 1.165) is 24.1 Å². The fourth-order valence-corrected chi connectivity index (χ4v) is 5.13. The van der Waals surface area contributed by atoms with Crippen molar-refractivity contribution in [1.29, 1.82) is 0 Å². The van der Waals surface area contributed by atoms with E-state index in [4.69, 9.17) is 0 Å². The predicted molar refractivity (Wildman–Crippen MR) is 126 cm³/mol. The highest BCUT2D eigenvalue weighted by atomic mass is 127. The second-order valence-electron chi connectivity index (χ2n) is 8.14. The molecule has 0 radical (unpaired) electrons. The fourth-order valence-electron chi connectivity index (χ4n) is 3.77. The number of carbonyl (C=O) groups is 1. The molecule has 0 atom stereocenters. The molecule has 0 spiro atoms. The number of rotatable bonds is 4. The van der Waals surface area contributed by atoms with Crippen LogP contribution in [0.2, 0.25) is 0 Å². The van der Waals surface area contributed by atoms with Crippen molar-refractivity contribution in [2.75, 3.05) is 32.4 Å². The van der Waals surface area contributed by atoms with Crippen LogP contribution in [0.4, 0.5) is 0 Å². The van der Waals surface area contributed by atoms with Gasteiger partial charge in [0.1, 0.15) is 0 Å². The van der Waals surface area contributed by atoms with Gasteiger partial charge in [-0.1, -0.05) is 24.3 Å². The molecule has 9 heteroatoms. The largest absolute Gasteiger partial charge is 0.352 e. The number of likely N-dealkylation sites (tertiary alicyclic amines) is 1. The maximum absolute atomic E-state index is 12.2. The zero-order chi connectivity index (χ0) is 20.4. The molecule has 7 nitrogen and oxygen atoms in total. The van der Waals surface area contributed by atoms with Gasteiger partial charge in [0, 0.05) is 46.2 Å². The molecule has 2 heterocycles. The fraction of sp³-hybridized carbons (Fsp3) is 0.600. The van der Waals surface area contributed by atoms with Gasteiger partial charge in [0.05, 0.1) is 10.5 Å². The van der Waals surface area contributed by atoms with Crippen LogP contribution in [-0.4, -0.2) is 67.3 Å². The molecular formula is C20H31IN4O3S. The molecule has 162 valence electrons. The summed E-state index contributed by atoms with van der Waals surface area (Å²) in [5.41, 5.74) is 2.23. The lowest BCUT2D eigenvalue weighted by molar-refractivity contribution is -0.128. The van der Waals surface area contributed by atoms with Crippen LogP contribution in [0.25, 0.3) is 0 Å². The van der Waals surface area contributed by atoms with Gasteiger partial charge in [0.2, 0.25) is 5.91 Å². The number of benzene rings is 1. The maximum atomic E-state index is 12.2. The van der Waals surface area contributed by atoms with E-state index in [2.05, 4.69) is 16.4 Å². The monoisotopic (exact) mass is 534 g/mol. The summed E-state index contributed by atoms with van der Waals surface area (Å²) in [5, 5.41) is 3.35. The number of hydrogen-bond acceptors (Lipinski definition) is 4. The molecule has 1 aromatic rings. The minimum absolute atomic E-state index is 0. The van der Waals surface area contributed by atoms with Crippen molar-refractivity contribution in [2.24, 2.45) is 4.99 Å². The Hall–Kier alpha value is -1.36. The van der Waals surface area contributed by atoms with Crippen molar-refractivity contribution in [3.05, 3.63) is 35.4 Å². The number of hydrogen-bond donors (Lipinski definition) is 1. The zero-order valence-corrected chi connectivity index (χ0v) is 20.5. The normalized spacial score (nSPS) is 21.1. The third-order valence-corrected chi connectivity index (χ3v) is 8.07. The second kappa shape index (κ2) is 9.63. The molecule has 1 amide bonds. The first kappa shape index (κ1) is 23.9. The summed E-state index contributed by atoms with van der Waals surface area (Å²) in [6, 6.07) is 8.20. The average molecular weight is 534 g/mol. The van der Waals surface area contributed by atoms with E-state index >= 15 is 0 Å². The second-order valence-corrected chi connectivity index (χ2v) is 10.9. The lowest BCUT2D eigenvalue weighted by Crippen LogP contribution is -2.57. The van der Waals surface area contributed by atoms with E-state index in [9.17, 15) is 13.2 Å². The number of sulfone groups is 1. The number of amides is 1. The lowest BCUT2D eigenvalue weighted by Gasteiger charge is -2.39. The van der Waals surface area contributed by atoms with Crippen LogP contribution in [0.3, 0.4) is 0 Å². The summed E-state index contributed by atoms with van der Waals surface area (Å²) in [7, 11) is -1.36. The Morgan fingerprint density at radius 2 is 1.97 bits per heavy atom. The molecule has 2 aliphatic rings. The number of guanidine groups is 1. The standard InChI is InChI=1S/C20H30N4O3S.HI/c1-20(2)15-24(10-11-28(20,26)27)19(21-3)22-13-16-6-4-7-17(12-16)14-23-9-5-8-18(23)25;/h4,6-7,12H,5,8-11,13-15H2,1-3H3,(H,21,22);1H. The highest BCUT2D eigenvalue weighted by Gasteiger charge is 2.40. The molecule has 0 aromatic heterocycles. The van der Waals surface area contributed by atoms with Crippen LogP contribution < -0.4 is 5.32 Å². The number of carbonyl (C=O) groups excluding carboxylic acids is 1. The Kier molecular flexibility index (Phi) is 7.94. The van der Waals surface area contributed by atoms with Gasteiger partial charge in [-0.3, -0.25) is 9.79 Å². The molecule has 0 bridgehead atoms. The van der Waals surface area contributed by atoms with Crippen LogP contribution in [-0.2, 0) is 27.7 Å². The van der Waals surface area contributed by atoms with E-state index < -0.39 is 14.6 Å². The van der Waals surface area contributed by atoms with Gasteiger partial charge in [-0.05, 0) is 31.4 Å². The highest BCUT2D eigenvalue weighted by Crippen LogP contribution is 2.23. The average Bonchev–Trinajstić information content (AvgIpc) is 3.03. The van der Waals surface area contributed by atoms with Crippen molar-refractivity contribution in [1.82, 2.24) is 15.1 Å². The SMILES string of the molecule is CN=C(NCc1cccc(CN2CCCC2=O)c1)N1CCS(=O)(=O)C(C)(C)C1.I. The smallest absolute Gasteiger partial charge is 0.222 e. The van der Waals surface area contributed by atoms with Crippen molar-refractivity contribution in [2.45, 2.75) is 44.5 Å². The van der Waals surface area contributed by atoms with Crippen LogP contribution >= 0.6 is 24.0 Å². The van der Waals surface area contributed by atoms with E-state index in [1.807, 2.05) is 28.0 Å². The quantitative estimate of drug-likeness (QED) is 0.363. The Morgan fingerprint density at radius 1 is 1.24 bits per heavy atom. The molecule has 1 aromatic carbocycles. The number of nitrogens with zero attached hydrogens (tertiary/aromatic N) is 3. The molecule has 29 heavy (non-hydrogen) atoms. The van der Waals surface area contributed by atoms with E-state index in [1.165, 1.54) is 0 Å². The van der Waals surface area contributed by atoms with Gasteiger partial charge >= 0.3 is 0 Å². The summed E-state index contributed by atoms with van der Waals surface area (Å²) >= 11 is 0. The lowest BCUT2D eigenvalue weighted by atomic mass is 10.1. The van der Waals surface area contributed by atoms with Crippen LogP contribution in [0.1, 0.15) is 37.8 Å². The number of aliphatic imine (C=N–C) groups is 1. The number of nitrogens with one attached hydrogen (secondary N) is 1. The third kappa shape index (κ3) is 5.62. The summed E-state index contributed by atoms with van der Waals surface area (Å²) < 4.78 is 23.7. The van der Waals surface area contributed by atoms with E-state index in [0.29, 0.717) is 38.6 Å².